The van der Waals surface area contributed by atoms with Crippen molar-refractivity contribution in [2.45, 2.75) is 26.4 Å². The van der Waals surface area contributed by atoms with E-state index in [1.807, 2.05) is 13.8 Å². The van der Waals surface area contributed by atoms with Gasteiger partial charge in [-0.25, -0.2) is 9.07 Å². The van der Waals surface area contributed by atoms with E-state index < -0.39 is 0 Å². The normalized spacial score (nSPS) is 10.7. The van der Waals surface area contributed by atoms with Crippen molar-refractivity contribution < 1.29 is 9.18 Å². The van der Waals surface area contributed by atoms with E-state index in [1.165, 1.54) is 28.9 Å². The summed E-state index contributed by atoms with van der Waals surface area (Å²) in [6.45, 7) is 3.89. The van der Waals surface area contributed by atoms with Crippen LogP contribution in [0.3, 0.4) is 0 Å². The summed E-state index contributed by atoms with van der Waals surface area (Å²) in [6, 6.07) is 8.44. The van der Waals surface area contributed by atoms with Crippen molar-refractivity contribution in [3.05, 3.63) is 63.8 Å². The number of rotatable bonds is 4. The summed E-state index contributed by atoms with van der Waals surface area (Å²) < 4.78 is 14.0. The summed E-state index contributed by atoms with van der Waals surface area (Å²) in [7, 11) is 0. The highest BCUT2D eigenvalue weighted by molar-refractivity contribution is 5.91. The molecule has 0 radical (unpaired) electrons. The molecular formula is C15H16FN3O2. The van der Waals surface area contributed by atoms with E-state index in [0.29, 0.717) is 0 Å². The number of hydrogen-bond acceptors (Lipinski definition) is 3. The molecular weight excluding hydrogens is 273 g/mol. The van der Waals surface area contributed by atoms with Gasteiger partial charge < -0.3 is 5.32 Å². The van der Waals surface area contributed by atoms with Crippen molar-refractivity contribution in [1.29, 1.82) is 0 Å². The van der Waals surface area contributed by atoms with Gasteiger partial charge in [-0.2, -0.15) is 5.10 Å². The van der Waals surface area contributed by atoms with Crippen molar-refractivity contribution in [3.8, 4) is 0 Å². The maximum Gasteiger partial charge on any atom is 0.271 e. The van der Waals surface area contributed by atoms with Crippen molar-refractivity contribution in [2.24, 2.45) is 0 Å². The molecule has 0 spiro atoms. The largest absolute Gasteiger partial charge is 0.347 e. The quantitative estimate of drug-likeness (QED) is 0.935. The Hall–Kier alpha value is -2.50. The lowest BCUT2D eigenvalue weighted by molar-refractivity contribution is 0.0943. The van der Waals surface area contributed by atoms with Crippen LogP contribution in [-0.4, -0.2) is 15.7 Å². The van der Waals surface area contributed by atoms with E-state index in [-0.39, 0.29) is 35.6 Å². The molecule has 0 saturated carbocycles. The highest BCUT2D eigenvalue weighted by atomic mass is 19.1. The van der Waals surface area contributed by atoms with Gasteiger partial charge in [0, 0.05) is 12.6 Å². The summed E-state index contributed by atoms with van der Waals surface area (Å²) in [4.78, 5) is 23.6. The molecule has 0 aliphatic carbocycles. The van der Waals surface area contributed by atoms with Crippen LogP contribution in [0.1, 0.15) is 35.9 Å². The minimum atomic E-state index is -0.381. The van der Waals surface area contributed by atoms with E-state index in [1.54, 1.807) is 12.1 Å². The first-order valence-corrected chi connectivity index (χ1v) is 6.60. The van der Waals surface area contributed by atoms with E-state index in [0.717, 1.165) is 5.56 Å². The van der Waals surface area contributed by atoms with Gasteiger partial charge in [-0.1, -0.05) is 12.1 Å². The van der Waals surface area contributed by atoms with E-state index >= 15 is 0 Å². The standard InChI is InChI=1S/C15H16FN3O2/c1-10(2)19-14(20)8-7-13(18-19)15(21)17-9-11-3-5-12(16)6-4-11/h3-8,10H,9H2,1-2H3,(H,17,21). The maximum atomic E-state index is 12.8. The number of carbonyl (C=O) groups is 1. The number of aromatic nitrogens is 2. The molecule has 0 aliphatic rings. The monoisotopic (exact) mass is 289 g/mol. The Morgan fingerprint density at radius 3 is 2.52 bits per heavy atom. The lowest BCUT2D eigenvalue weighted by Gasteiger charge is -2.10. The van der Waals surface area contributed by atoms with Crippen LogP contribution >= 0.6 is 0 Å². The molecule has 1 aromatic carbocycles. The second-order valence-corrected chi connectivity index (χ2v) is 4.90. The van der Waals surface area contributed by atoms with E-state index in [2.05, 4.69) is 10.4 Å². The highest BCUT2D eigenvalue weighted by Crippen LogP contribution is 2.03. The van der Waals surface area contributed by atoms with Gasteiger partial charge in [0.2, 0.25) is 0 Å². The molecule has 21 heavy (non-hydrogen) atoms. The molecule has 6 heteroatoms. The Morgan fingerprint density at radius 1 is 1.24 bits per heavy atom. The number of nitrogens with zero attached hydrogens (tertiary/aromatic N) is 2. The average molecular weight is 289 g/mol. The molecule has 0 saturated heterocycles. The lowest BCUT2D eigenvalue weighted by Crippen LogP contribution is -2.30. The second kappa shape index (κ2) is 6.30. The fraction of sp³-hybridized carbons (Fsp3) is 0.267. The Morgan fingerprint density at radius 2 is 1.90 bits per heavy atom. The minimum absolute atomic E-state index is 0.123. The molecule has 110 valence electrons. The number of hydrogen-bond donors (Lipinski definition) is 1. The first-order chi connectivity index (χ1) is 9.97. The molecule has 0 atom stereocenters. The molecule has 1 aromatic heterocycles. The van der Waals surface area contributed by atoms with Crippen LogP contribution < -0.4 is 10.9 Å². The van der Waals surface area contributed by atoms with Crippen molar-refractivity contribution >= 4 is 5.91 Å². The van der Waals surface area contributed by atoms with E-state index in [9.17, 15) is 14.0 Å². The van der Waals surface area contributed by atoms with Gasteiger partial charge in [0.25, 0.3) is 11.5 Å². The van der Waals surface area contributed by atoms with Crippen molar-refractivity contribution in [2.75, 3.05) is 0 Å². The van der Waals surface area contributed by atoms with Gasteiger partial charge in [0.05, 0.1) is 6.04 Å². The topological polar surface area (TPSA) is 64.0 Å². The predicted molar refractivity (Wildman–Crippen MR) is 76.5 cm³/mol. The highest BCUT2D eigenvalue weighted by Gasteiger charge is 2.10. The first kappa shape index (κ1) is 14.9. The van der Waals surface area contributed by atoms with Crippen LogP contribution in [0, 0.1) is 5.82 Å². The van der Waals surface area contributed by atoms with Gasteiger partial charge in [-0.15, -0.1) is 0 Å². The minimum Gasteiger partial charge on any atom is -0.347 e. The fourth-order valence-corrected chi connectivity index (χ4v) is 1.79. The average Bonchev–Trinajstić information content (AvgIpc) is 2.46. The Balaban J connectivity index is 2.08. The zero-order valence-corrected chi connectivity index (χ0v) is 11.8. The molecule has 0 aliphatic heterocycles. The van der Waals surface area contributed by atoms with Gasteiger partial charge in [-0.3, -0.25) is 9.59 Å². The predicted octanol–water partition coefficient (Wildman–Crippen LogP) is 1.89. The van der Waals surface area contributed by atoms with E-state index in [4.69, 9.17) is 0 Å². The van der Waals surface area contributed by atoms with Crippen molar-refractivity contribution in [1.82, 2.24) is 15.1 Å². The third-order valence-electron chi connectivity index (χ3n) is 2.91. The molecule has 0 fully saturated rings. The molecule has 2 rings (SSSR count). The summed E-state index contributed by atoms with van der Waals surface area (Å²) in [5, 5.41) is 6.71. The number of nitrogens with one attached hydrogen (secondary N) is 1. The molecule has 1 heterocycles. The number of amides is 1. The third kappa shape index (κ3) is 3.75. The number of carbonyl (C=O) groups excluding carboxylic acids is 1. The number of halogens is 1. The molecule has 5 nitrogen and oxygen atoms in total. The maximum absolute atomic E-state index is 12.8. The van der Waals surface area contributed by atoms with Crippen molar-refractivity contribution in [3.63, 3.8) is 0 Å². The van der Waals surface area contributed by atoms with Crippen LogP contribution in [0.4, 0.5) is 4.39 Å². The molecule has 1 amide bonds. The lowest BCUT2D eigenvalue weighted by atomic mass is 10.2. The third-order valence-corrected chi connectivity index (χ3v) is 2.91. The molecule has 2 aromatic rings. The van der Waals surface area contributed by atoms with Gasteiger partial charge in [-0.05, 0) is 37.6 Å². The Labute approximate surface area is 121 Å². The summed E-state index contributed by atoms with van der Waals surface area (Å²) in [5.41, 5.74) is 0.701. The zero-order chi connectivity index (χ0) is 15.4. The second-order valence-electron chi connectivity index (χ2n) is 4.90. The molecule has 0 bridgehead atoms. The van der Waals surface area contributed by atoms with Crippen LogP contribution in [0.25, 0.3) is 0 Å². The first-order valence-electron chi connectivity index (χ1n) is 6.60. The fourth-order valence-electron chi connectivity index (χ4n) is 1.79. The van der Waals surface area contributed by atoms with Gasteiger partial charge in [0.15, 0.2) is 0 Å². The summed E-state index contributed by atoms with van der Waals surface area (Å²) >= 11 is 0. The van der Waals surface area contributed by atoms with Gasteiger partial charge >= 0.3 is 0 Å². The Bertz CT molecular complexity index is 693. The summed E-state index contributed by atoms with van der Waals surface area (Å²) in [6.07, 6.45) is 0. The summed E-state index contributed by atoms with van der Waals surface area (Å²) in [5.74, 6) is -0.704. The molecule has 0 unspecified atom stereocenters. The SMILES string of the molecule is CC(C)n1nc(C(=O)NCc2ccc(F)cc2)ccc1=O. The van der Waals surface area contributed by atoms with Crippen LogP contribution in [0.2, 0.25) is 0 Å². The van der Waals surface area contributed by atoms with Crippen LogP contribution in [-0.2, 0) is 6.54 Å². The zero-order valence-electron chi connectivity index (χ0n) is 11.8. The van der Waals surface area contributed by atoms with Gasteiger partial charge in [0.1, 0.15) is 11.5 Å². The Kier molecular flexibility index (Phi) is 4.47. The van der Waals surface area contributed by atoms with Crippen LogP contribution in [0.5, 0.6) is 0 Å². The molecule has 1 N–H and O–H groups in total. The number of benzene rings is 1. The smallest absolute Gasteiger partial charge is 0.271 e. The van der Waals surface area contributed by atoms with Crippen LogP contribution in [0.15, 0.2) is 41.2 Å².